The van der Waals surface area contributed by atoms with E-state index in [-0.39, 0.29) is 6.04 Å². The van der Waals surface area contributed by atoms with E-state index in [1.165, 1.54) is 0 Å². The van der Waals surface area contributed by atoms with Gasteiger partial charge in [-0.3, -0.25) is 4.98 Å². The van der Waals surface area contributed by atoms with Gasteiger partial charge in [0.2, 0.25) is 5.88 Å². The molecule has 1 aromatic heterocycles. The number of benzene rings is 1. The second-order valence-electron chi connectivity index (χ2n) is 4.58. The summed E-state index contributed by atoms with van der Waals surface area (Å²) in [7, 11) is 0. The molecule has 0 aliphatic heterocycles. The van der Waals surface area contributed by atoms with Crippen LogP contribution >= 0.6 is 23.2 Å². The third-order valence-corrected chi connectivity index (χ3v) is 3.16. The summed E-state index contributed by atoms with van der Waals surface area (Å²) < 4.78 is 5.59. The number of halogens is 2. The molecule has 20 heavy (non-hydrogen) atoms. The Morgan fingerprint density at radius 2 is 2.00 bits per heavy atom. The number of hydrogen-bond acceptors (Lipinski definition) is 4. The van der Waals surface area contributed by atoms with E-state index >= 15 is 0 Å². The van der Waals surface area contributed by atoms with Crippen LogP contribution in [0.1, 0.15) is 19.4 Å². The van der Waals surface area contributed by atoms with Gasteiger partial charge in [0.05, 0.1) is 22.4 Å². The van der Waals surface area contributed by atoms with Crippen molar-refractivity contribution in [1.29, 1.82) is 0 Å². The first-order valence-electron chi connectivity index (χ1n) is 6.20. The van der Waals surface area contributed by atoms with Gasteiger partial charge in [-0.15, -0.1) is 0 Å². The first-order valence-corrected chi connectivity index (χ1v) is 6.95. The molecule has 0 saturated heterocycles. The van der Waals surface area contributed by atoms with E-state index in [0.29, 0.717) is 28.3 Å². The monoisotopic (exact) mass is 311 g/mol. The van der Waals surface area contributed by atoms with E-state index in [9.17, 15) is 0 Å². The zero-order valence-corrected chi connectivity index (χ0v) is 12.7. The summed E-state index contributed by atoms with van der Waals surface area (Å²) in [6.07, 6.45) is 3.23. The molecule has 1 heterocycles. The highest BCUT2D eigenvalue weighted by molar-refractivity contribution is 6.42. The van der Waals surface area contributed by atoms with E-state index in [2.05, 4.69) is 15.3 Å². The fourth-order valence-electron chi connectivity index (χ4n) is 1.57. The summed E-state index contributed by atoms with van der Waals surface area (Å²) in [4.78, 5) is 8.40. The van der Waals surface area contributed by atoms with Gasteiger partial charge in [-0.05, 0) is 31.5 Å². The molecule has 1 N–H and O–H groups in total. The molecule has 6 heteroatoms. The predicted molar refractivity (Wildman–Crippen MR) is 81.6 cm³/mol. The minimum absolute atomic E-state index is 0.287. The number of anilines is 1. The van der Waals surface area contributed by atoms with Crippen LogP contribution in [0.4, 0.5) is 5.82 Å². The molecule has 0 bridgehead atoms. The maximum atomic E-state index is 5.95. The van der Waals surface area contributed by atoms with Crippen molar-refractivity contribution in [2.24, 2.45) is 0 Å². The van der Waals surface area contributed by atoms with Crippen LogP contribution in [0, 0.1) is 0 Å². The first-order chi connectivity index (χ1) is 9.54. The molecule has 0 aliphatic rings. The lowest BCUT2D eigenvalue weighted by Gasteiger charge is -2.10. The van der Waals surface area contributed by atoms with Crippen molar-refractivity contribution < 1.29 is 4.74 Å². The Morgan fingerprint density at radius 3 is 2.70 bits per heavy atom. The predicted octanol–water partition coefficient (Wildman–Crippen LogP) is 4.18. The summed E-state index contributed by atoms with van der Waals surface area (Å²) in [6.45, 7) is 4.42. The van der Waals surface area contributed by atoms with Crippen molar-refractivity contribution in [3.63, 3.8) is 0 Å². The van der Waals surface area contributed by atoms with Crippen molar-refractivity contribution in [3.8, 4) is 5.88 Å². The Morgan fingerprint density at radius 1 is 1.20 bits per heavy atom. The van der Waals surface area contributed by atoms with Crippen molar-refractivity contribution >= 4 is 29.0 Å². The SMILES string of the molecule is CC(C)Nc1cncc(OCc2ccc(Cl)c(Cl)c2)n1. The standard InChI is InChI=1S/C14H15Cl2N3O/c1-9(2)18-13-6-17-7-14(19-13)20-8-10-3-4-11(15)12(16)5-10/h3-7,9H,8H2,1-2H3,(H,18,19). The van der Waals surface area contributed by atoms with Gasteiger partial charge in [-0.2, -0.15) is 4.98 Å². The minimum Gasteiger partial charge on any atom is -0.472 e. The topological polar surface area (TPSA) is 47.0 Å². The van der Waals surface area contributed by atoms with E-state index in [1.54, 1.807) is 24.5 Å². The Balaban J connectivity index is 2.01. The van der Waals surface area contributed by atoms with Crippen LogP contribution in [0.3, 0.4) is 0 Å². The zero-order valence-electron chi connectivity index (χ0n) is 11.2. The molecule has 0 fully saturated rings. The molecule has 2 aromatic rings. The molecule has 2 rings (SSSR count). The second kappa shape index (κ2) is 6.77. The number of hydrogen-bond donors (Lipinski definition) is 1. The Hall–Kier alpha value is -1.52. The smallest absolute Gasteiger partial charge is 0.234 e. The minimum atomic E-state index is 0.287. The van der Waals surface area contributed by atoms with Crippen LogP contribution in [-0.4, -0.2) is 16.0 Å². The molecule has 4 nitrogen and oxygen atoms in total. The van der Waals surface area contributed by atoms with Gasteiger partial charge in [-0.25, -0.2) is 0 Å². The van der Waals surface area contributed by atoms with Crippen molar-refractivity contribution in [2.75, 3.05) is 5.32 Å². The second-order valence-corrected chi connectivity index (χ2v) is 5.39. The van der Waals surface area contributed by atoms with Gasteiger partial charge in [0, 0.05) is 6.04 Å². The largest absolute Gasteiger partial charge is 0.472 e. The highest BCUT2D eigenvalue weighted by atomic mass is 35.5. The summed E-state index contributed by atoms with van der Waals surface area (Å²) in [5.74, 6) is 1.15. The quantitative estimate of drug-likeness (QED) is 0.899. The number of nitrogens with one attached hydrogen (secondary N) is 1. The Kier molecular flexibility index (Phi) is 5.04. The molecular formula is C14H15Cl2N3O. The Labute approximate surface area is 128 Å². The van der Waals surface area contributed by atoms with Gasteiger partial charge in [0.1, 0.15) is 12.4 Å². The van der Waals surface area contributed by atoms with Crippen LogP contribution < -0.4 is 10.1 Å². The van der Waals surface area contributed by atoms with Crippen LogP contribution in [0.15, 0.2) is 30.6 Å². The summed E-state index contributed by atoms with van der Waals surface area (Å²) >= 11 is 11.8. The summed E-state index contributed by atoms with van der Waals surface area (Å²) in [5.41, 5.74) is 0.920. The third kappa shape index (κ3) is 4.25. The van der Waals surface area contributed by atoms with Crippen molar-refractivity contribution in [3.05, 3.63) is 46.2 Å². The summed E-state index contributed by atoms with van der Waals surface area (Å²) in [5, 5.41) is 4.20. The average Bonchev–Trinajstić information content (AvgIpc) is 2.40. The molecule has 0 unspecified atom stereocenters. The third-order valence-electron chi connectivity index (χ3n) is 2.42. The first kappa shape index (κ1) is 14.9. The molecule has 106 valence electrons. The fourth-order valence-corrected chi connectivity index (χ4v) is 1.89. The molecule has 0 aliphatic carbocycles. The number of aromatic nitrogens is 2. The van der Waals surface area contributed by atoms with Gasteiger partial charge >= 0.3 is 0 Å². The lowest BCUT2D eigenvalue weighted by Crippen LogP contribution is -2.11. The molecule has 0 spiro atoms. The summed E-state index contributed by atoms with van der Waals surface area (Å²) in [6, 6.07) is 5.66. The molecule has 1 aromatic carbocycles. The molecule has 0 radical (unpaired) electrons. The lowest BCUT2D eigenvalue weighted by atomic mass is 10.2. The van der Waals surface area contributed by atoms with Gasteiger partial charge in [-0.1, -0.05) is 29.3 Å². The maximum Gasteiger partial charge on any atom is 0.234 e. The van der Waals surface area contributed by atoms with Crippen LogP contribution in [0.25, 0.3) is 0 Å². The average molecular weight is 312 g/mol. The van der Waals surface area contributed by atoms with Crippen molar-refractivity contribution in [1.82, 2.24) is 9.97 Å². The van der Waals surface area contributed by atoms with E-state index < -0.39 is 0 Å². The van der Waals surface area contributed by atoms with Crippen molar-refractivity contribution in [2.45, 2.75) is 26.5 Å². The Bertz CT molecular complexity index is 590. The van der Waals surface area contributed by atoms with Crippen LogP contribution in [0.5, 0.6) is 5.88 Å². The number of ether oxygens (including phenoxy) is 1. The fraction of sp³-hybridized carbons (Fsp3) is 0.286. The van der Waals surface area contributed by atoms with E-state index in [0.717, 1.165) is 5.56 Å². The van der Waals surface area contributed by atoms with Crippen LogP contribution in [0.2, 0.25) is 10.0 Å². The van der Waals surface area contributed by atoms with E-state index in [1.807, 2.05) is 19.9 Å². The number of rotatable bonds is 5. The van der Waals surface area contributed by atoms with E-state index in [4.69, 9.17) is 27.9 Å². The lowest BCUT2D eigenvalue weighted by molar-refractivity contribution is 0.293. The van der Waals surface area contributed by atoms with Gasteiger partial charge in [0.15, 0.2) is 0 Å². The highest BCUT2D eigenvalue weighted by Gasteiger charge is 2.03. The molecule has 0 atom stereocenters. The zero-order chi connectivity index (χ0) is 14.5. The normalized spacial score (nSPS) is 10.7. The van der Waals surface area contributed by atoms with Gasteiger partial charge < -0.3 is 10.1 Å². The highest BCUT2D eigenvalue weighted by Crippen LogP contribution is 2.23. The molecule has 0 amide bonds. The van der Waals surface area contributed by atoms with Crippen LogP contribution in [-0.2, 0) is 6.61 Å². The molecule has 0 saturated carbocycles. The maximum absolute atomic E-state index is 5.95. The molecular weight excluding hydrogens is 297 g/mol. The number of nitrogens with zero attached hydrogens (tertiary/aromatic N) is 2. The van der Waals surface area contributed by atoms with Gasteiger partial charge in [0.25, 0.3) is 0 Å².